The summed E-state index contributed by atoms with van der Waals surface area (Å²) in [5, 5.41) is 6.59. The maximum absolute atomic E-state index is 12.6. The number of carbonyl (C=O) groups excluding carboxylic acids is 1. The molecule has 2 atom stereocenters. The molecule has 0 spiro atoms. The van der Waals surface area contributed by atoms with E-state index in [-0.39, 0.29) is 5.91 Å². The van der Waals surface area contributed by atoms with E-state index in [0.29, 0.717) is 18.3 Å². The molecule has 0 aliphatic carbocycles. The predicted molar refractivity (Wildman–Crippen MR) is 169 cm³/mol. The molecular weight excluding hydrogens is 494 g/mol. The number of carbonyl (C=O) groups is 1. The number of aliphatic imine (C=N–C) groups is 1. The van der Waals surface area contributed by atoms with E-state index in [9.17, 15) is 4.79 Å². The fourth-order valence-corrected chi connectivity index (χ4v) is 4.53. The Morgan fingerprint density at radius 1 is 1.02 bits per heavy atom. The molecule has 214 valence electrons. The normalized spacial score (nSPS) is 17.3. The van der Waals surface area contributed by atoms with Crippen molar-refractivity contribution in [2.45, 2.75) is 74.1 Å². The van der Waals surface area contributed by atoms with Crippen LogP contribution in [0.25, 0.3) is 5.70 Å². The number of anilines is 1. The van der Waals surface area contributed by atoms with Gasteiger partial charge >= 0.3 is 0 Å². The number of ether oxygens (including phenoxy) is 1. The highest BCUT2D eigenvalue weighted by molar-refractivity contribution is 6.12. The lowest BCUT2D eigenvalue weighted by Crippen LogP contribution is -2.20. The summed E-state index contributed by atoms with van der Waals surface area (Å²) in [6, 6.07) is 16.1. The van der Waals surface area contributed by atoms with Gasteiger partial charge in [-0.25, -0.2) is 4.99 Å². The van der Waals surface area contributed by atoms with E-state index in [2.05, 4.69) is 58.3 Å². The molecule has 1 aliphatic rings. The van der Waals surface area contributed by atoms with Gasteiger partial charge in [-0.1, -0.05) is 80.8 Å². The topological polar surface area (TPSA) is 62.7 Å². The van der Waals surface area contributed by atoms with Gasteiger partial charge in [0.15, 0.2) is 0 Å². The fraction of sp³-hybridized carbons (Fsp3) is 0.429. The minimum atomic E-state index is -0.0219. The molecule has 2 aromatic carbocycles. The van der Waals surface area contributed by atoms with Crippen molar-refractivity contribution in [3.8, 4) is 0 Å². The summed E-state index contributed by atoms with van der Waals surface area (Å²) in [6.07, 6.45) is 7.59. The molecule has 5 heteroatoms. The number of allylic oxidation sites excluding steroid dienone is 2. The second-order valence-corrected chi connectivity index (χ2v) is 11.0. The molecule has 2 unspecified atom stereocenters. The number of hydrogen-bond donors (Lipinski definition) is 2. The highest BCUT2D eigenvalue weighted by Crippen LogP contribution is 2.31. The van der Waals surface area contributed by atoms with Crippen molar-refractivity contribution < 1.29 is 9.53 Å². The van der Waals surface area contributed by atoms with Crippen LogP contribution in [0.1, 0.15) is 77.5 Å². The van der Waals surface area contributed by atoms with E-state index in [1.807, 2.05) is 61.7 Å². The SMILES string of the molecule is CCCOCCC(C)C(C)/C(C)=C1\C=C(c2ccc(NC(=O)Cc3ccc(C)cc3)cc2)NC1=NC=C(C)CC. The summed E-state index contributed by atoms with van der Waals surface area (Å²) >= 11 is 0. The zero-order valence-corrected chi connectivity index (χ0v) is 25.4. The van der Waals surface area contributed by atoms with Crippen molar-refractivity contribution in [2.24, 2.45) is 16.8 Å². The molecule has 0 bridgehead atoms. The Hall–Kier alpha value is -3.44. The van der Waals surface area contributed by atoms with Crippen LogP contribution in [0.3, 0.4) is 0 Å². The second kappa shape index (κ2) is 15.4. The first-order chi connectivity index (χ1) is 19.2. The van der Waals surface area contributed by atoms with Gasteiger partial charge in [0.2, 0.25) is 5.91 Å². The number of amides is 1. The Balaban J connectivity index is 1.77. The molecule has 0 saturated heterocycles. The molecule has 0 radical (unpaired) electrons. The number of nitrogens with zero attached hydrogens (tertiary/aromatic N) is 1. The van der Waals surface area contributed by atoms with Crippen LogP contribution in [-0.2, 0) is 16.0 Å². The minimum Gasteiger partial charge on any atom is -0.381 e. The van der Waals surface area contributed by atoms with Gasteiger partial charge in [0.25, 0.3) is 0 Å². The Morgan fingerprint density at radius 3 is 2.38 bits per heavy atom. The number of amidine groups is 1. The molecular formula is C35H47N3O2. The van der Waals surface area contributed by atoms with E-state index in [1.165, 1.54) is 16.7 Å². The third-order valence-corrected chi connectivity index (χ3v) is 7.76. The smallest absolute Gasteiger partial charge is 0.228 e. The lowest BCUT2D eigenvalue weighted by Gasteiger charge is -2.22. The maximum atomic E-state index is 12.6. The van der Waals surface area contributed by atoms with Crippen LogP contribution in [0, 0.1) is 18.8 Å². The molecule has 40 heavy (non-hydrogen) atoms. The highest BCUT2D eigenvalue weighted by Gasteiger charge is 2.24. The van der Waals surface area contributed by atoms with E-state index < -0.39 is 0 Å². The van der Waals surface area contributed by atoms with Crippen molar-refractivity contribution in [2.75, 3.05) is 18.5 Å². The molecule has 1 heterocycles. The van der Waals surface area contributed by atoms with Gasteiger partial charge in [-0.3, -0.25) is 4.79 Å². The van der Waals surface area contributed by atoms with E-state index >= 15 is 0 Å². The third kappa shape index (κ3) is 9.06. The zero-order valence-electron chi connectivity index (χ0n) is 25.4. The lowest BCUT2D eigenvalue weighted by molar-refractivity contribution is -0.115. The molecule has 2 aromatic rings. The van der Waals surface area contributed by atoms with Crippen LogP contribution >= 0.6 is 0 Å². The standard InChI is InChI=1S/C35H47N3O2/c1-8-19-40-20-18-26(5)27(6)28(7)32-22-33(38-35(32)36-23-24(3)9-2)30-14-16-31(17-15-30)37-34(39)21-29-12-10-25(4)11-13-29/h10-17,22-23,26-27H,8-9,18-21H2,1-7H3,(H,36,38)(H,37,39)/b24-23?,32-28+. The molecule has 0 saturated carbocycles. The molecule has 1 aliphatic heterocycles. The Morgan fingerprint density at radius 2 is 1.73 bits per heavy atom. The number of nitrogens with one attached hydrogen (secondary N) is 2. The Labute approximate surface area is 241 Å². The first-order valence-electron chi connectivity index (χ1n) is 14.7. The van der Waals surface area contributed by atoms with Crippen LogP contribution in [0.5, 0.6) is 0 Å². The second-order valence-electron chi connectivity index (χ2n) is 11.0. The summed E-state index contributed by atoms with van der Waals surface area (Å²) in [6.45, 7) is 16.9. The van der Waals surface area contributed by atoms with Gasteiger partial charge in [-0.15, -0.1) is 0 Å². The highest BCUT2D eigenvalue weighted by atomic mass is 16.5. The summed E-state index contributed by atoms with van der Waals surface area (Å²) < 4.78 is 5.75. The number of hydrogen-bond acceptors (Lipinski definition) is 3. The first kappa shape index (κ1) is 31.1. The molecule has 2 N–H and O–H groups in total. The van der Waals surface area contributed by atoms with Crippen molar-refractivity contribution >= 4 is 23.1 Å². The predicted octanol–water partition coefficient (Wildman–Crippen LogP) is 8.24. The van der Waals surface area contributed by atoms with Crippen LogP contribution in [0.4, 0.5) is 5.69 Å². The van der Waals surface area contributed by atoms with Gasteiger partial charge in [0.05, 0.1) is 6.42 Å². The molecule has 0 aromatic heterocycles. The molecule has 5 nitrogen and oxygen atoms in total. The number of aryl methyl sites for hydroxylation is 1. The van der Waals surface area contributed by atoms with Crippen LogP contribution in [0.2, 0.25) is 0 Å². The average molecular weight is 542 g/mol. The summed E-state index contributed by atoms with van der Waals surface area (Å²) in [4.78, 5) is 17.4. The van der Waals surface area contributed by atoms with E-state index in [4.69, 9.17) is 9.73 Å². The van der Waals surface area contributed by atoms with Gasteiger partial charge in [0.1, 0.15) is 5.84 Å². The van der Waals surface area contributed by atoms with Crippen molar-refractivity contribution in [3.63, 3.8) is 0 Å². The summed E-state index contributed by atoms with van der Waals surface area (Å²) in [5.41, 5.74) is 8.76. The molecule has 3 rings (SSSR count). The largest absolute Gasteiger partial charge is 0.381 e. The molecule has 0 fully saturated rings. The summed E-state index contributed by atoms with van der Waals surface area (Å²) in [7, 11) is 0. The van der Waals surface area contributed by atoms with Crippen molar-refractivity contribution in [3.05, 3.63) is 94.2 Å². The minimum absolute atomic E-state index is 0.0219. The van der Waals surface area contributed by atoms with E-state index in [0.717, 1.165) is 66.4 Å². The quantitative estimate of drug-likeness (QED) is 0.251. The number of rotatable bonds is 13. The zero-order chi connectivity index (χ0) is 29.1. The summed E-state index contributed by atoms with van der Waals surface area (Å²) in [5.74, 6) is 1.76. The number of benzene rings is 2. The van der Waals surface area contributed by atoms with Crippen molar-refractivity contribution in [1.29, 1.82) is 0 Å². The third-order valence-electron chi connectivity index (χ3n) is 7.76. The monoisotopic (exact) mass is 541 g/mol. The van der Waals surface area contributed by atoms with Crippen LogP contribution in [-0.4, -0.2) is 25.0 Å². The lowest BCUT2D eigenvalue weighted by atomic mass is 9.85. The first-order valence-corrected chi connectivity index (χ1v) is 14.7. The van der Waals surface area contributed by atoms with Gasteiger partial charge < -0.3 is 15.4 Å². The van der Waals surface area contributed by atoms with Crippen LogP contribution < -0.4 is 10.6 Å². The maximum Gasteiger partial charge on any atom is 0.228 e. The van der Waals surface area contributed by atoms with Crippen LogP contribution in [0.15, 0.2) is 82.5 Å². The average Bonchev–Trinajstić information content (AvgIpc) is 3.39. The fourth-order valence-electron chi connectivity index (χ4n) is 4.53. The Kier molecular flexibility index (Phi) is 12.0. The van der Waals surface area contributed by atoms with Gasteiger partial charge in [-0.2, -0.15) is 0 Å². The van der Waals surface area contributed by atoms with Gasteiger partial charge in [-0.05, 0) is 81.2 Å². The molecule has 1 amide bonds. The Bertz CT molecular complexity index is 1250. The van der Waals surface area contributed by atoms with Crippen molar-refractivity contribution in [1.82, 2.24) is 5.32 Å². The van der Waals surface area contributed by atoms with E-state index in [1.54, 1.807) is 0 Å². The van der Waals surface area contributed by atoms with Gasteiger partial charge in [0, 0.05) is 36.4 Å².